The first kappa shape index (κ1) is 15.3. The summed E-state index contributed by atoms with van der Waals surface area (Å²) in [5, 5.41) is 2.76. The lowest BCUT2D eigenvalue weighted by Gasteiger charge is -2.09. The fourth-order valence-electron chi connectivity index (χ4n) is 1.61. The van der Waals surface area contributed by atoms with Crippen LogP contribution in [-0.2, 0) is 0 Å². The van der Waals surface area contributed by atoms with Crippen molar-refractivity contribution < 1.29 is 13.6 Å². The molecule has 0 spiro atoms. The Labute approximate surface area is 129 Å². The molecule has 0 saturated carbocycles. The molecule has 2 aromatic carbocycles. The highest BCUT2D eigenvalue weighted by molar-refractivity contribution is 7.80. The van der Waals surface area contributed by atoms with E-state index in [1.54, 1.807) is 6.07 Å². The quantitative estimate of drug-likeness (QED) is 0.849. The number of anilines is 1. The van der Waals surface area contributed by atoms with Crippen LogP contribution in [0.4, 0.5) is 14.5 Å². The lowest BCUT2D eigenvalue weighted by Crippen LogP contribution is -2.14. The largest absolute Gasteiger partial charge is 0.389 e. The Morgan fingerprint density at radius 3 is 2.38 bits per heavy atom. The van der Waals surface area contributed by atoms with Crippen LogP contribution in [-0.4, -0.2) is 10.9 Å². The molecule has 3 N–H and O–H groups in total. The molecule has 7 heteroatoms. The van der Waals surface area contributed by atoms with Crippen LogP contribution in [0.2, 0.25) is 5.02 Å². The summed E-state index contributed by atoms with van der Waals surface area (Å²) in [6, 6.07) is 7.48. The van der Waals surface area contributed by atoms with Gasteiger partial charge in [-0.3, -0.25) is 4.79 Å². The van der Waals surface area contributed by atoms with Gasteiger partial charge in [-0.25, -0.2) is 8.78 Å². The number of nitrogens with one attached hydrogen (secondary N) is 1. The molecule has 0 aliphatic rings. The van der Waals surface area contributed by atoms with Crippen LogP contribution in [0, 0.1) is 11.6 Å². The Morgan fingerprint density at radius 1 is 1.10 bits per heavy atom. The fourth-order valence-corrected chi connectivity index (χ4v) is 1.90. The normalized spacial score (nSPS) is 10.2. The van der Waals surface area contributed by atoms with Gasteiger partial charge in [0.1, 0.15) is 4.99 Å². The molecule has 0 aliphatic heterocycles. The van der Waals surface area contributed by atoms with Crippen LogP contribution in [0.5, 0.6) is 0 Å². The van der Waals surface area contributed by atoms with Gasteiger partial charge in [-0.05, 0) is 30.3 Å². The summed E-state index contributed by atoms with van der Waals surface area (Å²) in [6.07, 6.45) is 0. The highest BCUT2D eigenvalue weighted by Crippen LogP contribution is 2.24. The lowest BCUT2D eigenvalue weighted by molar-refractivity contribution is 0.102. The molecule has 2 aromatic rings. The minimum Gasteiger partial charge on any atom is -0.389 e. The van der Waals surface area contributed by atoms with Crippen LogP contribution < -0.4 is 11.1 Å². The molecule has 0 radical (unpaired) electrons. The van der Waals surface area contributed by atoms with E-state index in [9.17, 15) is 13.6 Å². The predicted molar refractivity (Wildman–Crippen MR) is 81.7 cm³/mol. The zero-order chi connectivity index (χ0) is 15.6. The topological polar surface area (TPSA) is 55.1 Å². The zero-order valence-corrected chi connectivity index (χ0v) is 12.1. The van der Waals surface area contributed by atoms with Gasteiger partial charge in [0.25, 0.3) is 5.91 Å². The molecule has 2 rings (SSSR count). The van der Waals surface area contributed by atoms with Crippen LogP contribution in [0.3, 0.4) is 0 Å². The Kier molecular flexibility index (Phi) is 4.50. The maximum absolute atomic E-state index is 13.1. The molecule has 108 valence electrons. The van der Waals surface area contributed by atoms with Crippen molar-refractivity contribution in [1.29, 1.82) is 0 Å². The number of carbonyl (C=O) groups excluding carboxylic acids is 1. The van der Waals surface area contributed by atoms with Gasteiger partial charge in [0, 0.05) is 11.1 Å². The Balaban J connectivity index is 2.28. The van der Waals surface area contributed by atoms with Gasteiger partial charge in [-0.2, -0.15) is 0 Å². The van der Waals surface area contributed by atoms with Crippen LogP contribution in [0.1, 0.15) is 15.9 Å². The second kappa shape index (κ2) is 6.15. The number of amides is 1. The molecule has 1 amide bonds. The van der Waals surface area contributed by atoms with Gasteiger partial charge in [-0.15, -0.1) is 0 Å². The summed E-state index contributed by atoms with van der Waals surface area (Å²) < 4.78 is 26.0. The third-order valence-corrected chi connectivity index (χ3v) is 3.25. The summed E-state index contributed by atoms with van der Waals surface area (Å²) in [4.78, 5) is 12.1. The molecule has 0 aromatic heterocycles. The first-order chi connectivity index (χ1) is 9.88. The minimum absolute atomic E-state index is 0.0364. The third-order valence-electron chi connectivity index (χ3n) is 2.68. The van der Waals surface area contributed by atoms with Gasteiger partial charge < -0.3 is 11.1 Å². The smallest absolute Gasteiger partial charge is 0.255 e. The first-order valence-electron chi connectivity index (χ1n) is 5.74. The molecule has 0 fully saturated rings. The number of hydrogen-bond acceptors (Lipinski definition) is 2. The molecule has 0 heterocycles. The number of thiocarbonyl (C=S) groups is 1. The molecule has 0 aliphatic carbocycles. The van der Waals surface area contributed by atoms with Crippen molar-refractivity contribution >= 4 is 40.4 Å². The first-order valence-corrected chi connectivity index (χ1v) is 6.53. The zero-order valence-electron chi connectivity index (χ0n) is 10.5. The summed E-state index contributed by atoms with van der Waals surface area (Å²) >= 11 is 10.8. The van der Waals surface area contributed by atoms with Crippen LogP contribution in [0.15, 0.2) is 36.4 Å². The number of nitrogens with two attached hydrogens (primary N) is 1. The predicted octanol–water partition coefficient (Wildman–Crippen LogP) is 3.50. The molecule has 0 bridgehead atoms. The summed E-state index contributed by atoms with van der Waals surface area (Å²) in [6.45, 7) is 0. The third kappa shape index (κ3) is 3.53. The van der Waals surface area contributed by atoms with E-state index >= 15 is 0 Å². The SMILES string of the molecule is NC(=S)c1ccc(Cl)c(NC(=O)c2ccc(F)c(F)c2)c1. The van der Waals surface area contributed by atoms with Crippen molar-refractivity contribution in [3.05, 3.63) is 64.2 Å². The fraction of sp³-hybridized carbons (Fsp3) is 0. The summed E-state index contributed by atoms with van der Waals surface area (Å²) in [7, 11) is 0. The van der Waals surface area contributed by atoms with Crippen LogP contribution in [0.25, 0.3) is 0 Å². The lowest BCUT2D eigenvalue weighted by atomic mass is 10.1. The number of halogens is 3. The maximum atomic E-state index is 13.1. The van der Waals surface area contributed by atoms with E-state index in [-0.39, 0.29) is 21.3 Å². The Hall–Kier alpha value is -2.05. The standard InChI is InChI=1S/C14H9ClF2N2OS/c15-9-3-1-7(13(18)21)6-12(9)19-14(20)8-2-4-10(16)11(17)5-8/h1-6H,(H2,18,21)(H,19,20). The highest BCUT2D eigenvalue weighted by atomic mass is 35.5. The Bertz CT molecular complexity index is 737. The van der Waals surface area contributed by atoms with Gasteiger partial charge in [-0.1, -0.05) is 29.9 Å². The van der Waals surface area contributed by atoms with Crippen molar-refractivity contribution in [2.24, 2.45) is 5.73 Å². The van der Waals surface area contributed by atoms with Gasteiger partial charge in [0.05, 0.1) is 10.7 Å². The molecular weight excluding hydrogens is 318 g/mol. The van der Waals surface area contributed by atoms with Crippen molar-refractivity contribution in [3.8, 4) is 0 Å². The van der Waals surface area contributed by atoms with Gasteiger partial charge in [0.2, 0.25) is 0 Å². The van der Waals surface area contributed by atoms with E-state index in [4.69, 9.17) is 29.6 Å². The number of rotatable bonds is 3. The van der Waals surface area contributed by atoms with Gasteiger partial charge >= 0.3 is 0 Å². The molecule has 0 unspecified atom stereocenters. The summed E-state index contributed by atoms with van der Waals surface area (Å²) in [5.74, 6) is -2.76. The van der Waals surface area contributed by atoms with Crippen LogP contribution >= 0.6 is 23.8 Å². The average molecular weight is 327 g/mol. The van der Waals surface area contributed by atoms with E-state index in [2.05, 4.69) is 5.32 Å². The van der Waals surface area contributed by atoms with Crippen molar-refractivity contribution in [3.63, 3.8) is 0 Å². The van der Waals surface area contributed by atoms with E-state index < -0.39 is 17.5 Å². The molecule has 0 atom stereocenters. The van der Waals surface area contributed by atoms with E-state index in [0.29, 0.717) is 5.56 Å². The second-order valence-electron chi connectivity index (χ2n) is 4.14. The van der Waals surface area contributed by atoms with E-state index in [1.165, 1.54) is 18.2 Å². The maximum Gasteiger partial charge on any atom is 0.255 e. The minimum atomic E-state index is -1.11. The average Bonchev–Trinajstić information content (AvgIpc) is 2.43. The van der Waals surface area contributed by atoms with E-state index in [0.717, 1.165) is 12.1 Å². The number of carbonyl (C=O) groups is 1. The van der Waals surface area contributed by atoms with Crippen molar-refractivity contribution in [1.82, 2.24) is 0 Å². The molecule has 0 saturated heterocycles. The Morgan fingerprint density at radius 2 is 1.76 bits per heavy atom. The molecule has 3 nitrogen and oxygen atoms in total. The summed E-state index contributed by atoms with van der Waals surface area (Å²) in [5.41, 5.74) is 6.26. The number of benzene rings is 2. The monoisotopic (exact) mass is 326 g/mol. The van der Waals surface area contributed by atoms with E-state index in [1.807, 2.05) is 0 Å². The second-order valence-corrected chi connectivity index (χ2v) is 4.99. The number of hydrogen-bond donors (Lipinski definition) is 2. The van der Waals surface area contributed by atoms with Gasteiger partial charge in [0.15, 0.2) is 11.6 Å². The van der Waals surface area contributed by atoms with Crippen molar-refractivity contribution in [2.45, 2.75) is 0 Å². The molecule has 21 heavy (non-hydrogen) atoms. The van der Waals surface area contributed by atoms with Crippen molar-refractivity contribution in [2.75, 3.05) is 5.32 Å². The molecular formula is C14H9ClF2N2OS. The highest BCUT2D eigenvalue weighted by Gasteiger charge is 2.12.